The second-order valence-corrected chi connectivity index (χ2v) is 11.0. The Morgan fingerprint density at radius 3 is 2.33 bits per heavy atom. The highest BCUT2D eigenvalue weighted by Gasteiger charge is 2.25. The van der Waals surface area contributed by atoms with Crippen LogP contribution in [0.3, 0.4) is 0 Å². The first-order valence-corrected chi connectivity index (χ1v) is 14.4. The smallest absolute Gasteiger partial charge is 0.298 e. The monoisotopic (exact) mass is 557 g/mol. The summed E-state index contributed by atoms with van der Waals surface area (Å²) >= 11 is 0. The third-order valence-corrected chi connectivity index (χ3v) is 7.89. The van der Waals surface area contributed by atoms with Crippen LogP contribution >= 0.6 is 0 Å². The number of carbonyl (C=O) groups excluding carboxylic acids is 2. The molecule has 0 aliphatic carbocycles. The molecule has 1 amide bonds. The van der Waals surface area contributed by atoms with E-state index in [0.717, 1.165) is 72.0 Å². The Hall–Kier alpha value is -4.91. The molecular formula is C35H35N5O2. The summed E-state index contributed by atoms with van der Waals surface area (Å²) in [4.78, 5) is 36.4. The first kappa shape index (κ1) is 27.3. The number of nitrogens with one attached hydrogen (secondary N) is 1. The Labute approximate surface area is 246 Å². The summed E-state index contributed by atoms with van der Waals surface area (Å²) in [5, 5.41) is 2.86. The Bertz CT molecular complexity index is 1760. The average Bonchev–Trinajstić information content (AvgIpc) is 3.20. The molecule has 212 valence electrons. The molecule has 4 heterocycles. The van der Waals surface area contributed by atoms with E-state index in [1.54, 1.807) is 4.40 Å². The van der Waals surface area contributed by atoms with Gasteiger partial charge in [0, 0.05) is 60.5 Å². The van der Waals surface area contributed by atoms with E-state index in [1.807, 2.05) is 85.9 Å². The predicted molar refractivity (Wildman–Crippen MR) is 170 cm³/mol. The summed E-state index contributed by atoms with van der Waals surface area (Å²) in [5.74, 6) is -0.191. The quantitative estimate of drug-likeness (QED) is 0.192. The fourth-order valence-electron chi connectivity index (χ4n) is 5.95. The van der Waals surface area contributed by atoms with Gasteiger partial charge in [0.1, 0.15) is 11.5 Å². The lowest BCUT2D eigenvalue weighted by atomic mass is 10.0. The van der Waals surface area contributed by atoms with E-state index >= 15 is 0 Å². The molecule has 0 atom stereocenters. The van der Waals surface area contributed by atoms with Gasteiger partial charge >= 0.3 is 0 Å². The minimum Gasteiger partial charge on any atom is -0.369 e. The number of anilines is 3. The minimum atomic E-state index is -0.658. The number of aryl methyl sites for hydroxylation is 3. The van der Waals surface area contributed by atoms with E-state index < -0.39 is 11.7 Å². The summed E-state index contributed by atoms with van der Waals surface area (Å²) in [5.41, 5.74) is 7.91. The summed E-state index contributed by atoms with van der Waals surface area (Å²) in [7, 11) is 0. The molecule has 0 radical (unpaired) electrons. The van der Waals surface area contributed by atoms with Crippen LogP contribution in [0.2, 0.25) is 0 Å². The Morgan fingerprint density at radius 1 is 0.786 bits per heavy atom. The van der Waals surface area contributed by atoms with Crippen LogP contribution in [0.25, 0.3) is 16.6 Å². The minimum absolute atomic E-state index is 0.357. The van der Waals surface area contributed by atoms with Crippen molar-refractivity contribution in [1.29, 1.82) is 0 Å². The van der Waals surface area contributed by atoms with Gasteiger partial charge in [-0.3, -0.25) is 9.59 Å². The molecule has 6 rings (SSSR count). The van der Waals surface area contributed by atoms with Gasteiger partial charge in [-0.15, -0.1) is 0 Å². The van der Waals surface area contributed by atoms with Crippen molar-refractivity contribution >= 4 is 34.4 Å². The highest BCUT2D eigenvalue weighted by molar-refractivity contribution is 6.47. The second kappa shape index (κ2) is 11.5. The normalized spacial score (nSPS) is 13.7. The molecule has 1 N–H and O–H groups in total. The first-order chi connectivity index (χ1) is 20.4. The van der Waals surface area contributed by atoms with Gasteiger partial charge in [-0.05, 0) is 92.4 Å². The molecule has 7 nitrogen and oxygen atoms in total. The average molecular weight is 558 g/mol. The zero-order valence-corrected chi connectivity index (χ0v) is 24.3. The number of Topliss-reactive ketones (excluding diaryl/α,β-unsaturated/α-hetero) is 1. The van der Waals surface area contributed by atoms with Gasteiger partial charge in [0.05, 0.1) is 0 Å². The Balaban J connectivity index is 1.19. The summed E-state index contributed by atoms with van der Waals surface area (Å²) in [6.07, 6.45) is 2.84. The van der Waals surface area contributed by atoms with E-state index in [-0.39, 0.29) is 0 Å². The topological polar surface area (TPSA) is 70.0 Å². The molecule has 2 aromatic carbocycles. The molecule has 5 aromatic rings. The number of fused-ring (bicyclic) bond motifs is 1. The van der Waals surface area contributed by atoms with E-state index in [4.69, 9.17) is 4.98 Å². The van der Waals surface area contributed by atoms with Gasteiger partial charge in [0.2, 0.25) is 0 Å². The Morgan fingerprint density at radius 2 is 1.55 bits per heavy atom. The highest BCUT2D eigenvalue weighted by atomic mass is 16.2. The van der Waals surface area contributed by atoms with Gasteiger partial charge in [-0.2, -0.15) is 0 Å². The van der Waals surface area contributed by atoms with Crippen molar-refractivity contribution in [2.45, 2.75) is 27.2 Å². The fraction of sp³-hybridized carbons (Fsp3) is 0.229. The maximum absolute atomic E-state index is 13.6. The van der Waals surface area contributed by atoms with E-state index in [9.17, 15) is 9.59 Å². The number of ketones is 1. The van der Waals surface area contributed by atoms with E-state index in [1.165, 1.54) is 5.56 Å². The lowest BCUT2D eigenvalue weighted by molar-refractivity contribution is -0.112. The molecule has 1 aliphatic rings. The van der Waals surface area contributed by atoms with Crippen LogP contribution < -0.4 is 15.1 Å². The molecule has 1 fully saturated rings. The molecular weight excluding hydrogens is 522 g/mol. The third-order valence-electron chi connectivity index (χ3n) is 7.89. The number of carbonyl (C=O) groups is 2. The van der Waals surface area contributed by atoms with Gasteiger partial charge in [0.15, 0.2) is 0 Å². The third kappa shape index (κ3) is 5.50. The molecule has 42 heavy (non-hydrogen) atoms. The van der Waals surface area contributed by atoms with Crippen molar-refractivity contribution in [2.24, 2.45) is 0 Å². The first-order valence-electron chi connectivity index (χ1n) is 14.4. The van der Waals surface area contributed by atoms with Crippen LogP contribution in [-0.4, -0.2) is 47.3 Å². The molecule has 0 bridgehead atoms. The standard InChI is InChI=1S/C35H35N5O2/c1-24-20-26(3)36-32(21-24)39-16-9-15-38(18-19-39)31-14-13-28(22-25(31)2)37-35(42)34(41)33-30(27-10-5-4-6-11-27)23-29-12-7-8-17-40(29)33/h4-8,10-14,17,20-23H,9,15-16,18-19H2,1-3H3,(H,37,42). The lowest BCUT2D eigenvalue weighted by Crippen LogP contribution is -2.31. The molecule has 3 aromatic heterocycles. The number of amides is 1. The van der Waals surface area contributed by atoms with Crippen molar-refractivity contribution in [1.82, 2.24) is 9.38 Å². The van der Waals surface area contributed by atoms with Crippen LogP contribution in [0.1, 0.15) is 33.7 Å². The largest absolute Gasteiger partial charge is 0.369 e. The summed E-state index contributed by atoms with van der Waals surface area (Å²) in [6, 6.07) is 27.5. The number of nitrogens with zero attached hydrogens (tertiary/aromatic N) is 4. The number of benzene rings is 2. The number of hydrogen-bond donors (Lipinski definition) is 1. The molecule has 7 heteroatoms. The lowest BCUT2D eigenvalue weighted by Gasteiger charge is -2.26. The summed E-state index contributed by atoms with van der Waals surface area (Å²) in [6.45, 7) is 9.87. The van der Waals surface area contributed by atoms with Crippen molar-refractivity contribution in [3.63, 3.8) is 0 Å². The number of pyridine rings is 2. The van der Waals surface area contributed by atoms with Crippen LogP contribution in [-0.2, 0) is 4.79 Å². The number of aromatic nitrogens is 2. The predicted octanol–water partition coefficient (Wildman–Crippen LogP) is 6.46. The molecule has 1 saturated heterocycles. The number of hydrogen-bond acceptors (Lipinski definition) is 5. The SMILES string of the molecule is Cc1cc(C)nc(N2CCCN(c3ccc(NC(=O)C(=O)c4c(-c5ccccc5)cc5ccccn45)cc3C)CC2)c1. The van der Waals surface area contributed by atoms with Crippen molar-refractivity contribution < 1.29 is 9.59 Å². The molecule has 0 unspecified atom stereocenters. The van der Waals surface area contributed by atoms with E-state index in [2.05, 4.69) is 41.1 Å². The van der Waals surface area contributed by atoms with Crippen LogP contribution in [0.4, 0.5) is 17.2 Å². The van der Waals surface area contributed by atoms with Gasteiger partial charge in [-0.1, -0.05) is 36.4 Å². The van der Waals surface area contributed by atoms with Crippen molar-refractivity contribution in [2.75, 3.05) is 41.3 Å². The number of rotatable bonds is 6. The second-order valence-electron chi connectivity index (χ2n) is 11.0. The zero-order valence-electron chi connectivity index (χ0n) is 24.3. The van der Waals surface area contributed by atoms with Crippen LogP contribution in [0, 0.1) is 20.8 Å². The maximum Gasteiger partial charge on any atom is 0.298 e. The highest BCUT2D eigenvalue weighted by Crippen LogP contribution is 2.29. The maximum atomic E-state index is 13.6. The van der Waals surface area contributed by atoms with E-state index in [0.29, 0.717) is 11.4 Å². The Kier molecular flexibility index (Phi) is 7.48. The van der Waals surface area contributed by atoms with Crippen LogP contribution in [0.15, 0.2) is 91.1 Å². The molecule has 0 saturated carbocycles. The fourth-order valence-corrected chi connectivity index (χ4v) is 5.95. The van der Waals surface area contributed by atoms with Crippen LogP contribution in [0.5, 0.6) is 0 Å². The van der Waals surface area contributed by atoms with Gasteiger partial charge in [0.25, 0.3) is 11.7 Å². The van der Waals surface area contributed by atoms with Crippen molar-refractivity contribution in [3.05, 3.63) is 114 Å². The van der Waals surface area contributed by atoms with Crippen molar-refractivity contribution in [3.8, 4) is 11.1 Å². The zero-order chi connectivity index (χ0) is 29.2. The molecule has 1 aliphatic heterocycles. The molecule has 0 spiro atoms. The van der Waals surface area contributed by atoms with Gasteiger partial charge < -0.3 is 19.5 Å². The van der Waals surface area contributed by atoms with Gasteiger partial charge in [-0.25, -0.2) is 4.98 Å². The summed E-state index contributed by atoms with van der Waals surface area (Å²) < 4.78 is 1.79.